The maximum absolute atomic E-state index is 2.60. The van der Waals surface area contributed by atoms with Crippen molar-refractivity contribution in [3.8, 4) is 0 Å². The fraction of sp³-hybridized carbons (Fsp3) is 1.00. The third kappa shape index (κ3) is 1.85. The molecule has 1 unspecified atom stereocenters. The number of piperidine rings is 1. The normalized spacial score (nSPS) is 50.5. The van der Waals surface area contributed by atoms with Crippen LogP contribution in [0.5, 0.6) is 0 Å². The van der Waals surface area contributed by atoms with Crippen LogP contribution < -0.4 is 0 Å². The van der Waals surface area contributed by atoms with Crippen LogP contribution in [0.2, 0.25) is 0 Å². The molecule has 5 atom stereocenters. The number of quaternary nitrogens is 1. The second-order valence-corrected chi connectivity index (χ2v) is 7.12. The van der Waals surface area contributed by atoms with Crippen LogP contribution in [-0.2, 0) is 0 Å². The Hall–Kier alpha value is -0.0400. The minimum atomic E-state index is 1.02. The summed E-state index contributed by atoms with van der Waals surface area (Å²) in [6, 6.07) is 2.04. The van der Waals surface area contributed by atoms with Crippen molar-refractivity contribution in [1.29, 1.82) is 0 Å². The summed E-state index contributed by atoms with van der Waals surface area (Å²) in [6.45, 7) is 3.82. The van der Waals surface area contributed by atoms with Gasteiger partial charge in [0.15, 0.2) is 0 Å². The van der Waals surface area contributed by atoms with E-state index in [0.29, 0.717) is 0 Å². The summed E-state index contributed by atoms with van der Waals surface area (Å²) in [7, 11) is 2.60. The Bertz CT molecular complexity index is 251. The molecular weight excluding hydrogens is 206 g/mol. The average molecular weight is 236 g/mol. The van der Waals surface area contributed by atoms with E-state index in [2.05, 4.69) is 14.0 Å². The summed E-state index contributed by atoms with van der Waals surface area (Å²) in [6.07, 6.45) is 13.8. The molecule has 1 saturated heterocycles. The molecule has 2 saturated carbocycles. The fourth-order valence-electron chi connectivity index (χ4n) is 5.58. The van der Waals surface area contributed by atoms with E-state index in [1.165, 1.54) is 49.6 Å². The van der Waals surface area contributed by atoms with Gasteiger partial charge >= 0.3 is 0 Å². The zero-order chi connectivity index (χ0) is 11.9. The Morgan fingerprint density at radius 2 is 1.29 bits per heavy atom. The van der Waals surface area contributed by atoms with Gasteiger partial charge in [0.25, 0.3) is 0 Å². The third-order valence-electron chi connectivity index (χ3n) is 6.54. The second kappa shape index (κ2) is 4.57. The van der Waals surface area contributed by atoms with Crippen molar-refractivity contribution in [3.05, 3.63) is 0 Å². The molecule has 3 fully saturated rings. The predicted octanol–water partition coefficient (Wildman–Crippen LogP) is 3.97. The van der Waals surface area contributed by atoms with Crippen molar-refractivity contribution in [2.45, 2.75) is 76.8 Å². The van der Waals surface area contributed by atoms with E-state index in [1.807, 2.05) is 0 Å². The highest BCUT2D eigenvalue weighted by Crippen LogP contribution is 2.48. The molecule has 0 aromatic carbocycles. The van der Waals surface area contributed by atoms with Crippen molar-refractivity contribution in [2.24, 2.45) is 11.8 Å². The maximum atomic E-state index is 2.60. The van der Waals surface area contributed by atoms with E-state index in [0.717, 1.165) is 23.9 Å². The molecule has 3 rings (SSSR count). The van der Waals surface area contributed by atoms with Crippen molar-refractivity contribution in [3.63, 3.8) is 0 Å². The first kappa shape index (κ1) is 12.0. The maximum Gasteiger partial charge on any atom is 0.0918 e. The lowest BCUT2D eigenvalue weighted by atomic mass is 9.66. The van der Waals surface area contributed by atoms with Crippen LogP contribution in [0, 0.1) is 11.8 Å². The SMILES string of the molecule is CC[N+]1(C)[C@@H]2CCCC[C@H]2C[C@H]2CCCC[C@@H]21. The summed E-state index contributed by atoms with van der Waals surface area (Å²) >= 11 is 0. The highest BCUT2D eigenvalue weighted by atomic mass is 15.4. The number of likely N-dealkylation sites (tertiary alicyclic amines) is 1. The molecule has 0 bridgehead atoms. The van der Waals surface area contributed by atoms with Crippen LogP contribution in [0.25, 0.3) is 0 Å². The van der Waals surface area contributed by atoms with Gasteiger partial charge in [-0.15, -0.1) is 0 Å². The summed E-state index contributed by atoms with van der Waals surface area (Å²) < 4.78 is 1.44. The Labute approximate surface area is 107 Å². The number of nitrogens with zero attached hydrogens (tertiary/aromatic N) is 1. The quantitative estimate of drug-likeness (QED) is 0.604. The van der Waals surface area contributed by atoms with Gasteiger partial charge in [0.2, 0.25) is 0 Å². The summed E-state index contributed by atoms with van der Waals surface area (Å²) in [5, 5.41) is 0. The standard InChI is InChI=1S/C16H30N/c1-3-17(2)15-10-6-4-8-13(15)12-14-9-5-7-11-16(14)17/h13-16H,3-12H2,1-2H3/q+1/t13-,14+,15+,16-,17?. The molecule has 1 heterocycles. The van der Waals surface area contributed by atoms with Crippen LogP contribution in [0.3, 0.4) is 0 Å². The Balaban J connectivity index is 1.88. The van der Waals surface area contributed by atoms with E-state index in [4.69, 9.17) is 0 Å². The lowest BCUT2D eigenvalue weighted by Crippen LogP contribution is -2.67. The first-order valence-electron chi connectivity index (χ1n) is 8.10. The third-order valence-corrected chi connectivity index (χ3v) is 6.54. The van der Waals surface area contributed by atoms with Crippen molar-refractivity contribution in [2.75, 3.05) is 13.6 Å². The highest BCUT2D eigenvalue weighted by Gasteiger charge is 2.52. The Morgan fingerprint density at radius 1 is 0.824 bits per heavy atom. The monoisotopic (exact) mass is 236 g/mol. The molecule has 3 aliphatic rings. The molecule has 0 radical (unpaired) electrons. The molecule has 0 aromatic heterocycles. The van der Waals surface area contributed by atoms with Crippen molar-refractivity contribution in [1.82, 2.24) is 0 Å². The van der Waals surface area contributed by atoms with Gasteiger partial charge in [0.1, 0.15) is 0 Å². The molecule has 0 N–H and O–H groups in total. The first-order valence-corrected chi connectivity index (χ1v) is 8.10. The molecule has 0 aromatic rings. The minimum Gasteiger partial charge on any atom is -0.321 e. The highest BCUT2D eigenvalue weighted by molar-refractivity contribution is 4.90. The van der Waals surface area contributed by atoms with E-state index in [1.54, 1.807) is 19.3 Å². The van der Waals surface area contributed by atoms with Gasteiger partial charge in [0.05, 0.1) is 25.7 Å². The summed E-state index contributed by atoms with van der Waals surface area (Å²) in [4.78, 5) is 0. The van der Waals surface area contributed by atoms with Crippen LogP contribution in [0.1, 0.15) is 64.7 Å². The van der Waals surface area contributed by atoms with Crippen LogP contribution in [0.15, 0.2) is 0 Å². The second-order valence-electron chi connectivity index (χ2n) is 7.12. The van der Waals surface area contributed by atoms with Gasteiger partial charge in [-0.05, 0) is 51.9 Å². The van der Waals surface area contributed by atoms with Gasteiger partial charge in [-0.2, -0.15) is 0 Å². The van der Waals surface area contributed by atoms with E-state index >= 15 is 0 Å². The zero-order valence-electron chi connectivity index (χ0n) is 11.8. The lowest BCUT2D eigenvalue weighted by Gasteiger charge is -2.58. The van der Waals surface area contributed by atoms with E-state index < -0.39 is 0 Å². The smallest absolute Gasteiger partial charge is 0.0918 e. The fourth-order valence-corrected chi connectivity index (χ4v) is 5.58. The van der Waals surface area contributed by atoms with Gasteiger partial charge in [-0.25, -0.2) is 0 Å². The van der Waals surface area contributed by atoms with Gasteiger partial charge < -0.3 is 4.48 Å². The number of fused-ring (bicyclic) bond motifs is 2. The summed E-state index contributed by atoms with van der Waals surface area (Å²) in [5.41, 5.74) is 0. The molecule has 1 heteroatoms. The average Bonchev–Trinajstić information content (AvgIpc) is 2.39. The zero-order valence-corrected chi connectivity index (χ0v) is 11.8. The topological polar surface area (TPSA) is 0 Å². The molecular formula is C16H30N+. The molecule has 0 spiro atoms. The largest absolute Gasteiger partial charge is 0.321 e. The van der Waals surface area contributed by atoms with Crippen molar-refractivity contribution < 1.29 is 4.48 Å². The van der Waals surface area contributed by atoms with E-state index in [-0.39, 0.29) is 0 Å². The van der Waals surface area contributed by atoms with E-state index in [9.17, 15) is 0 Å². The van der Waals surface area contributed by atoms with Crippen molar-refractivity contribution >= 4 is 0 Å². The Morgan fingerprint density at radius 3 is 1.76 bits per heavy atom. The van der Waals surface area contributed by atoms with Crippen LogP contribution >= 0.6 is 0 Å². The van der Waals surface area contributed by atoms with Gasteiger partial charge in [-0.3, -0.25) is 0 Å². The lowest BCUT2D eigenvalue weighted by molar-refractivity contribution is -0.970. The molecule has 1 nitrogen and oxygen atoms in total. The molecule has 2 aliphatic carbocycles. The minimum absolute atomic E-state index is 1.02. The molecule has 0 amide bonds. The van der Waals surface area contributed by atoms with Gasteiger partial charge in [-0.1, -0.05) is 12.8 Å². The number of hydrogen-bond donors (Lipinski definition) is 0. The molecule has 1 aliphatic heterocycles. The Kier molecular flexibility index (Phi) is 3.23. The molecule has 98 valence electrons. The number of hydrogen-bond acceptors (Lipinski definition) is 0. The first-order chi connectivity index (χ1) is 8.25. The predicted molar refractivity (Wildman–Crippen MR) is 72.8 cm³/mol. The molecule has 17 heavy (non-hydrogen) atoms. The van der Waals surface area contributed by atoms with Crippen LogP contribution in [-0.4, -0.2) is 30.2 Å². The van der Waals surface area contributed by atoms with Crippen LogP contribution in [0.4, 0.5) is 0 Å². The number of rotatable bonds is 1. The summed E-state index contributed by atoms with van der Waals surface area (Å²) in [5.74, 6) is 2.15. The van der Waals surface area contributed by atoms with Gasteiger partial charge in [0, 0.05) is 11.8 Å².